The lowest BCUT2D eigenvalue weighted by Gasteiger charge is -2.27. The van der Waals surface area contributed by atoms with Crippen LogP contribution in [0.4, 0.5) is 0 Å². The van der Waals surface area contributed by atoms with Gasteiger partial charge < -0.3 is 4.74 Å². The van der Waals surface area contributed by atoms with Crippen LogP contribution in [0.2, 0.25) is 0 Å². The average Bonchev–Trinajstić information content (AvgIpc) is 1.98. The molecule has 0 amide bonds. The molecule has 0 aromatic heterocycles. The number of rotatable bonds is 4. The number of thioether (sulfide) groups is 1. The molecule has 0 aliphatic heterocycles. The Morgan fingerprint density at radius 2 is 1.92 bits per heavy atom. The van der Waals surface area contributed by atoms with Crippen molar-refractivity contribution >= 4 is 17.7 Å². The fraction of sp³-hybridized carbons (Fsp3) is 0.900. The molecule has 1 atom stereocenters. The van der Waals surface area contributed by atoms with E-state index in [1.54, 1.807) is 11.8 Å². The molecule has 0 rings (SSSR count). The van der Waals surface area contributed by atoms with Gasteiger partial charge in [-0.1, -0.05) is 27.7 Å². The molecule has 0 fully saturated rings. The van der Waals surface area contributed by atoms with Gasteiger partial charge in [-0.05, 0) is 18.1 Å². The molecule has 2 nitrogen and oxygen atoms in total. The molecule has 0 heterocycles. The molecule has 0 saturated carbocycles. The Balaban J connectivity index is 4.33. The Labute approximate surface area is 85.4 Å². The third-order valence-corrected chi connectivity index (χ3v) is 3.19. The maximum absolute atomic E-state index is 11.5. The van der Waals surface area contributed by atoms with E-state index in [4.69, 9.17) is 4.74 Å². The molecule has 78 valence electrons. The van der Waals surface area contributed by atoms with Crippen LogP contribution in [-0.2, 0) is 9.53 Å². The molecular weight excluding hydrogens is 184 g/mol. The zero-order valence-corrected chi connectivity index (χ0v) is 10.0. The summed E-state index contributed by atoms with van der Waals surface area (Å²) in [6, 6.07) is 0. The normalized spacial score (nSPS) is 13.9. The van der Waals surface area contributed by atoms with Gasteiger partial charge in [0.1, 0.15) is 5.25 Å². The number of carbonyl (C=O) groups excluding carboxylic acids is 1. The number of carbonyl (C=O) groups is 1. The Morgan fingerprint density at radius 1 is 1.38 bits per heavy atom. The maximum Gasteiger partial charge on any atom is 0.319 e. The van der Waals surface area contributed by atoms with Crippen molar-refractivity contribution in [3.05, 3.63) is 0 Å². The Bertz CT molecular complexity index is 161. The van der Waals surface area contributed by atoms with Gasteiger partial charge in [0.15, 0.2) is 0 Å². The van der Waals surface area contributed by atoms with Crippen LogP contribution in [-0.4, -0.2) is 23.6 Å². The molecule has 1 unspecified atom stereocenters. The van der Waals surface area contributed by atoms with Crippen LogP contribution >= 0.6 is 11.8 Å². The molecule has 0 aromatic carbocycles. The first-order valence-corrected chi connectivity index (χ1v) is 5.76. The van der Waals surface area contributed by atoms with E-state index in [1.807, 2.05) is 6.92 Å². The van der Waals surface area contributed by atoms with Gasteiger partial charge >= 0.3 is 5.97 Å². The van der Waals surface area contributed by atoms with Gasteiger partial charge in [-0.15, -0.1) is 11.8 Å². The summed E-state index contributed by atoms with van der Waals surface area (Å²) in [6.45, 7) is 10.6. The number of hydrogen-bond donors (Lipinski definition) is 0. The summed E-state index contributed by atoms with van der Waals surface area (Å²) >= 11 is 1.66. The molecular formula is C10H20O2S. The first-order valence-electron chi connectivity index (χ1n) is 4.71. The zero-order valence-electron chi connectivity index (χ0n) is 9.22. The summed E-state index contributed by atoms with van der Waals surface area (Å²) in [6.07, 6.45) is 0. The second kappa shape index (κ2) is 5.53. The van der Waals surface area contributed by atoms with Gasteiger partial charge in [0.05, 0.1) is 6.61 Å². The van der Waals surface area contributed by atoms with Gasteiger partial charge in [0.2, 0.25) is 0 Å². The molecule has 0 N–H and O–H groups in total. The standard InChI is InChI=1S/C10H20O2S/c1-6-12-9(11)8(13-7-2)10(3,4)5/h8H,6-7H2,1-5H3. The van der Waals surface area contributed by atoms with Gasteiger partial charge in [0, 0.05) is 0 Å². The van der Waals surface area contributed by atoms with Crippen LogP contribution in [0.25, 0.3) is 0 Å². The summed E-state index contributed by atoms with van der Waals surface area (Å²) in [5.41, 5.74) is -0.0209. The second-order valence-corrected chi connectivity index (χ2v) is 5.34. The Kier molecular flexibility index (Phi) is 5.45. The second-order valence-electron chi connectivity index (χ2n) is 3.95. The van der Waals surface area contributed by atoms with Crippen molar-refractivity contribution in [2.45, 2.75) is 39.9 Å². The van der Waals surface area contributed by atoms with Crippen molar-refractivity contribution < 1.29 is 9.53 Å². The third kappa shape index (κ3) is 4.55. The van der Waals surface area contributed by atoms with E-state index >= 15 is 0 Å². The van der Waals surface area contributed by atoms with E-state index in [-0.39, 0.29) is 16.6 Å². The van der Waals surface area contributed by atoms with Crippen molar-refractivity contribution in [1.29, 1.82) is 0 Å². The van der Waals surface area contributed by atoms with Gasteiger partial charge in [-0.25, -0.2) is 0 Å². The van der Waals surface area contributed by atoms with E-state index < -0.39 is 0 Å². The van der Waals surface area contributed by atoms with Crippen LogP contribution in [0.3, 0.4) is 0 Å². The first kappa shape index (κ1) is 12.8. The van der Waals surface area contributed by atoms with Crippen LogP contribution in [0.1, 0.15) is 34.6 Å². The van der Waals surface area contributed by atoms with Crippen LogP contribution in [0, 0.1) is 5.41 Å². The highest BCUT2D eigenvalue weighted by molar-refractivity contribution is 8.00. The summed E-state index contributed by atoms with van der Waals surface area (Å²) in [5, 5.41) is -0.0440. The lowest BCUT2D eigenvalue weighted by atomic mass is 9.92. The van der Waals surface area contributed by atoms with Crippen molar-refractivity contribution in [2.24, 2.45) is 5.41 Å². The first-order chi connectivity index (χ1) is 5.93. The number of hydrogen-bond acceptors (Lipinski definition) is 3. The Morgan fingerprint density at radius 3 is 2.23 bits per heavy atom. The lowest BCUT2D eigenvalue weighted by Crippen LogP contribution is -2.33. The summed E-state index contributed by atoms with van der Waals surface area (Å²) in [4.78, 5) is 11.5. The zero-order chi connectivity index (χ0) is 10.5. The largest absolute Gasteiger partial charge is 0.465 e. The van der Waals surface area contributed by atoms with Crippen molar-refractivity contribution in [3.63, 3.8) is 0 Å². The summed E-state index contributed by atoms with van der Waals surface area (Å²) < 4.78 is 5.02. The molecule has 0 aliphatic carbocycles. The Hall–Kier alpha value is -0.180. The van der Waals surface area contributed by atoms with E-state index in [1.165, 1.54) is 0 Å². The predicted octanol–water partition coefficient (Wildman–Crippen LogP) is 2.72. The van der Waals surface area contributed by atoms with Gasteiger partial charge in [-0.2, -0.15) is 0 Å². The minimum Gasteiger partial charge on any atom is -0.465 e. The van der Waals surface area contributed by atoms with Crippen molar-refractivity contribution in [3.8, 4) is 0 Å². The molecule has 0 spiro atoms. The van der Waals surface area contributed by atoms with Crippen molar-refractivity contribution in [1.82, 2.24) is 0 Å². The van der Waals surface area contributed by atoms with Gasteiger partial charge in [0.25, 0.3) is 0 Å². The topological polar surface area (TPSA) is 26.3 Å². The predicted molar refractivity (Wildman–Crippen MR) is 58.0 cm³/mol. The molecule has 0 bridgehead atoms. The highest BCUT2D eigenvalue weighted by Crippen LogP contribution is 2.31. The third-order valence-electron chi connectivity index (χ3n) is 1.62. The van der Waals surface area contributed by atoms with Crippen molar-refractivity contribution in [2.75, 3.05) is 12.4 Å². The maximum atomic E-state index is 11.5. The minimum absolute atomic E-state index is 0.0209. The SMILES string of the molecule is CCOC(=O)C(SCC)C(C)(C)C. The van der Waals surface area contributed by atoms with E-state index in [2.05, 4.69) is 27.7 Å². The molecule has 3 heteroatoms. The van der Waals surface area contributed by atoms with Crippen LogP contribution in [0.15, 0.2) is 0 Å². The fourth-order valence-corrected chi connectivity index (χ4v) is 2.09. The lowest BCUT2D eigenvalue weighted by molar-refractivity contribution is -0.144. The van der Waals surface area contributed by atoms with E-state index in [9.17, 15) is 4.79 Å². The van der Waals surface area contributed by atoms with Gasteiger partial charge in [-0.3, -0.25) is 4.79 Å². The molecule has 0 aliphatic rings. The molecule has 13 heavy (non-hydrogen) atoms. The molecule has 0 aromatic rings. The fourth-order valence-electron chi connectivity index (χ4n) is 1.06. The molecule has 0 saturated heterocycles. The highest BCUT2D eigenvalue weighted by atomic mass is 32.2. The number of esters is 1. The van der Waals surface area contributed by atoms with Crippen LogP contribution in [0.5, 0.6) is 0 Å². The summed E-state index contributed by atoms with van der Waals surface area (Å²) in [7, 11) is 0. The smallest absolute Gasteiger partial charge is 0.319 e. The number of ether oxygens (including phenoxy) is 1. The quantitative estimate of drug-likeness (QED) is 0.659. The highest BCUT2D eigenvalue weighted by Gasteiger charge is 2.32. The van der Waals surface area contributed by atoms with E-state index in [0.717, 1.165) is 5.75 Å². The minimum atomic E-state index is -0.0816. The van der Waals surface area contributed by atoms with Crippen LogP contribution < -0.4 is 0 Å². The average molecular weight is 204 g/mol. The van der Waals surface area contributed by atoms with E-state index in [0.29, 0.717) is 6.61 Å². The molecule has 0 radical (unpaired) electrons. The summed E-state index contributed by atoms with van der Waals surface area (Å²) in [5.74, 6) is 0.864. The monoisotopic (exact) mass is 204 g/mol.